The van der Waals surface area contributed by atoms with Gasteiger partial charge < -0.3 is 10.2 Å². The molecule has 1 fully saturated rings. The fraction of sp³-hybridized carbons (Fsp3) is 0. The summed E-state index contributed by atoms with van der Waals surface area (Å²) in [5, 5.41) is 19.6. The lowest BCUT2D eigenvalue weighted by molar-refractivity contribution is -0.123. The molecular formula is C17H12N2O4S2. The van der Waals surface area contributed by atoms with E-state index in [1.54, 1.807) is 18.2 Å². The molecule has 3 N–H and O–H groups in total. The van der Waals surface area contributed by atoms with Gasteiger partial charge in [0.05, 0.1) is 4.91 Å². The van der Waals surface area contributed by atoms with Gasteiger partial charge in [-0.15, -0.1) is 0 Å². The van der Waals surface area contributed by atoms with Gasteiger partial charge in [0.25, 0.3) is 11.8 Å². The van der Waals surface area contributed by atoms with Crippen molar-refractivity contribution in [1.82, 2.24) is 10.4 Å². The van der Waals surface area contributed by atoms with Crippen LogP contribution in [0.3, 0.4) is 0 Å². The minimum Gasteiger partial charge on any atom is -0.508 e. The van der Waals surface area contributed by atoms with Crippen LogP contribution in [0.25, 0.3) is 6.08 Å². The molecule has 0 aliphatic carbocycles. The van der Waals surface area contributed by atoms with E-state index in [4.69, 9.17) is 12.2 Å². The van der Waals surface area contributed by atoms with Crippen molar-refractivity contribution in [2.75, 3.05) is 0 Å². The van der Waals surface area contributed by atoms with Gasteiger partial charge in [0.2, 0.25) is 0 Å². The van der Waals surface area contributed by atoms with Gasteiger partial charge in [-0.1, -0.05) is 23.9 Å². The average Bonchev–Trinajstić information content (AvgIpc) is 2.85. The quantitative estimate of drug-likeness (QED) is 0.567. The van der Waals surface area contributed by atoms with Crippen LogP contribution >= 0.6 is 24.0 Å². The summed E-state index contributed by atoms with van der Waals surface area (Å²) in [5.41, 5.74) is 3.47. The molecule has 2 aromatic carbocycles. The first-order chi connectivity index (χ1) is 11.9. The second kappa shape index (κ2) is 6.96. The highest BCUT2D eigenvalue weighted by molar-refractivity contribution is 8.26. The normalized spacial score (nSPS) is 15.7. The zero-order valence-electron chi connectivity index (χ0n) is 12.7. The van der Waals surface area contributed by atoms with Gasteiger partial charge in [-0.25, -0.2) is 0 Å². The Labute approximate surface area is 152 Å². The van der Waals surface area contributed by atoms with Crippen LogP contribution in [0, 0.1) is 0 Å². The zero-order chi connectivity index (χ0) is 18.0. The third-order valence-electron chi connectivity index (χ3n) is 3.33. The number of benzene rings is 2. The Morgan fingerprint density at radius 2 is 1.60 bits per heavy atom. The van der Waals surface area contributed by atoms with Gasteiger partial charge in [0.1, 0.15) is 11.5 Å². The van der Waals surface area contributed by atoms with E-state index in [-0.39, 0.29) is 21.4 Å². The number of carbonyl (C=O) groups excluding carboxylic acids is 2. The number of nitrogens with zero attached hydrogens (tertiary/aromatic N) is 1. The molecule has 1 aliphatic rings. The summed E-state index contributed by atoms with van der Waals surface area (Å²) in [6, 6.07) is 12.0. The lowest BCUT2D eigenvalue weighted by Crippen LogP contribution is -2.44. The summed E-state index contributed by atoms with van der Waals surface area (Å²) in [4.78, 5) is 25.0. The van der Waals surface area contributed by atoms with Crippen molar-refractivity contribution >= 4 is 46.2 Å². The minimum absolute atomic E-state index is 0.0407. The molecule has 0 spiro atoms. The summed E-state index contributed by atoms with van der Waals surface area (Å²) in [7, 11) is 0. The molecule has 126 valence electrons. The average molecular weight is 372 g/mol. The SMILES string of the molecule is O=C(NN1C(=O)C(=Cc2ccc(O)cc2)SC1=S)c1ccc(O)cc1. The number of nitrogens with one attached hydrogen (secondary N) is 1. The molecule has 1 aliphatic heterocycles. The van der Waals surface area contributed by atoms with E-state index < -0.39 is 11.8 Å². The third kappa shape index (κ3) is 3.81. The van der Waals surface area contributed by atoms with E-state index >= 15 is 0 Å². The molecule has 8 heteroatoms. The van der Waals surface area contributed by atoms with Gasteiger partial charge >= 0.3 is 0 Å². The number of hydrogen-bond acceptors (Lipinski definition) is 6. The first kappa shape index (κ1) is 17.0. The molecule has 0 atom stereocenters. The third-order valence-corrected chi connectivity index (χ3v) is 4.63. The van der Waals surface area contributed by atoms with Gasteiger partial charge in [-0.3, -0.25) is 15.0 Å². The summed E-state index contributed by atoms with van der Waals surface area (Å²) >= 11 is 6.23. The number of thiocarbonyl (C=S) groups is 1. The van der Waals surface area contributed by atoms with E-state index in [1.165, 1.54) is 36.4 Å². The minimum atomic E-state index is -0.512. The number of aromatic hydroxyl groups is 2. The molecule has 25 heavy (non-hydrogen) atoms. The molecule has 0 radical (unpaired) electrons. The van der Waals surface area contributed by atoms with Crippen molar-refractivity contribution in [2.45, 2.75) is 0 Å². The zero-order valence-corrected chi connectivity index (χ0v) is 14.3. The van der Waals surface area contributed by atoms with Crippen molar-refractivity contribution in [3.05, 3.63) is 64.6 Å². The number of hydrogen-bond donors (Lipinski definition) is 3. The largest absolute Gasteiger partial charge is 0.508 e. The predicted octanol–water partition coefficient (Wildman–Crippen LogP) is 2.64. The predicted molar refractivity (Wildman–Crippen MR) is 98.7 cm³/mol. The Morgan fingerprint density at radius 1 is 1.04 bits per heavy atom. The standard InChI is InChI=1S/C17H12N2O4S2/c20-12-5-1-10(2-6-12)9-14-16(23)19(17(24)25-14)18-15(22)11-3-7-13(21)8-4-11/h1-9,20-21H,(H,18,22). The van der Waals surface area contributed by atoms with Gasteiger partial charge in [-0.2, -0.15) is 5.01 Å². The molecule has 1 heterocycles. The van der Waals surface area contributed by atoms with Crippen molar-refractivity contribution in [2.24, 2.45) is 0 Å². The fourth-order valence-electron chi connectivity index (χ4n) is 2.06. The number of hydrazine groups is 1. The Balaban J connectivity index is 1.76. The van der Waals surface area contributed by atoms with Crippen molar-refractivity contribution in [1.29, 1.82) is 0 Å². The smallest absolute Gasteiger partial charge is 0.285 e. The number of rotatable bonds is 3. The fourth-order valence-corrected chi connectivity index (χ4v) is 3.24. The molecule has 0 aromatic heterocycles. The number of amides is 2. The summed E-state index contributed by atoms with van der Waals surface area (Å²) in [6.45, 7) is 0. The highest BCUT2D eigenvalue weighted by Crippen LogP contribution is 2.31. The Hall–Kier alpha value is -2.84. The second-order valence-electron chi connectivity index (χ2n) is 5.10. The summed E-state index contributed by atoms with van der Waals surface area (Å²) in [5.74, 6) is -0.776. The van der Waals surface area contributed by atoms with Crippen molar-refractivity contribution in [3.8, 4) is 11.5 Å². The Bertz CT molecular complexity index is 877. The van der Waals surface area contributed by atoms with Crippen LogP contribution in [-0.4, -0.2) is 31.4 Å². The number of phenols is 2. The topological polar surface area (TPSA) is 89.9 Å². The molecule has 2 amide bonds. The van der Waals surface area contributed by atoms with Crippen LogP contribution in [0.1, 0.15) is 15.9 Å². The van der Waals surface area contributed by atoms with Crippen LogP contribution < -0.4 is 5.43 Å². The number of thioether (sulfide) groups is 1. The van der Waals surface area contributed by atoms with Crippen LogP contribution in [-0.2, 0) is 4.79 Å². The van der Waals surface area contributed by atoms with Gasteiger partial charge in [-0.05, 0) is 60.3 Å². The maximum Gasteiger partial charge on any atom is 0.285 e. The van der Waals surface area contributed by atoms with Crippen LogP contribution in [0.4, 0.5) is 0 Å². The highest BCUT2D eigenvalue weighted by Gasteiger charge is 2.33. The Morgan fingerprint density at radius 3 is 2.20 bits per heavy atom. The van der Waals surface area contributed by atoms with Crippen LogP contribution in [0.2, 0.25) is 0 Å². The molecule has 2 aromatic rings. The van der Waals surface area contributed by atoms with Crippen molar-refractivity contribution in [3.63, 3.8) is 0 Å². The van der Waals surface area contributed by atoms with Crippen LogP contribution in [0.5, 0.6) is 11.5 Å². The van der Waals surface area contributed by atoms with Gasteiger partial charge in [0.15, 0.2) is 4.32 Å². The summed E-state index contributed by atoms with van der Waals surface area (Å²) < 4.78 is 0.210. The van der Waals surface area contributed by atoms with Gasteiger partial charge in [0, 0.05) is 5.56 Å². The maximum atomic E-state index is 12.5. The van der Waals surface area contributed by atoms with Crippen molar-refractivity contribution < 1.29 is 19.8 Å². The lowest BCUT2D eigenvalue weighted by atomic mass is 10.2. The molecule has 0 unspecified atom stereocenters. The monoisotopic (exact) mass is 372 g/mol. The van der Waals surface area contributed by atoms with E-state index in [2.05, 4.69) is 5.43 Å². The molecular weight excluding hydrogens is 360 g/mol. The molecule has 1 saturated heterocycles. The highest BCUT2D eigenvalue weighted by atomic mass is 32.2. The molecule has 0 bridgehead atoms. The number of carbonyl (C=O) groups is 2. The van der Waals surface area contributed by atoms with Crippen LogP contribution in [0.15, 0.2) is 53.4 Å². The maximum absolute atomic E-state index is 12.5. The molecule has 3 rings (SSSR count). The first-order valence-corrected chi connectivity index (χ1v) is 8.33. The van der Waals surface area contributed by atoms with E-state index in [1.807, 2.05) is 0 Å². The lowest BCUT2D eigenvalue weighted by Gasteiger charge is -2.15. The van der Waals surface area contributed by atoms with E-state index in [0.717, 1.165) is 22.3 Å². The first-order valence-electron chi connectivity index (χ1n) is 7.11. The van der Waals surface area contributed by atoms with E-state index in [9.17, 15) is 19.8 Å². The Kier molecular flexibility index (Phi) is 4.73. The van der Waals surface area contributed by atoms with E-state index in [0.29, 0.717) is 4.91 Å². The number of phenolic OH excluding ortho intramolecular Hbond substituents is 2. The summed E-state index contributed by atoms with van der Waals surface area (Å²) in [6.07, 6.45) is 1.63. The molecule has 0 saturated carbocycles. The second-order valence-corrected chi connectivity index (χ2v) is 6.77. The molecule has 6 nitrogen and oxygen atoms in total.